The van der Waals surface area contributed by atoms with Crippen molar-refractivity contribution in [3.05, 3.63) is 72.0 Å². The molecule has 0 saturated carbocycles. The molecule has 4 aromatic rings. The molecule has 168 valence electrons. The maximum Gasteiger partial charge on any atom is 0.267 e. The second kappa shape index (κ2) is 9.42. The Bertz CT molecular complexity index is 1440. The van der Waals surface area contributed by atoms with Crippen LogP contribution in [-0.4, -0.2) is 27.4 Å². The number of carbonyl (C=O) groups excluding carboxylic acids is 1. The van der Waals surface area contributed by atoms with E-state index in [1.54, 1.807) is 57.7 Å². The normalized spacial score (nSPS) is 13.2. The van der Waals surface area contributed by atoms with Crippen LogP contribution < -0.4 is 11.0 Å². The number of aryl methyl sites for hydroxylation is 3. The van der Waals surface area contributed by atoms with Crippen LogP contribution in [0.4, 0.5) is 0 Å². The molecule has 1 aliphatic rings. The Balaban J connectivity index is 1.43. The van der Waals surface area contributed by atoms with Gasteiger partial charge >= 0.3 is 0 Å². The monoisotopic (exact) mass is 514 g/mol. The van der Waals surface area contributed by atoms with Crippen LogP contribution in [0.1, 0.15) is 26.6 Å². The van der Waals surface area contributed by atoms with Crippen molar-refractivity contribution in [3.8, 4) is 5.69 Å². The molecular formula is C23H19ClN4O2S3. The molecular weight excluding hydrogens is 496 g/mol. The van der Waals surface area contributed by atoms with Crippen molar-refractivity contribution >= 4 is 68.4 Å². The number of hydrogen-bond donors (Lipinski definition) is 1. The fourth-order valence-corrected chi connectivity index (χ4v) is 6.78. The molecule has 0 radical (unpaired) electrons. The van der Waals surface area contributed by atoms with E-state index in [-0.39, 0.29) is 17.2 Å². The number of fused-ring (bicyclic) bond motifs is 3. The van der Waals surface area contributed by atoms with Crippen molar-refractivity contribution < 1.29 is 4.79 Å². The Hall–Kier alpha value is -2.46. The number of thioether (sulfide) groups is 1. The predicted molar refractivity (Wildman–Crippen MR) is 138 cm³/mol. The molecule has 6 nitrogen and oxygen atoms in total. The van der Waals surface area contributed by atoms with E-state index in [0.717, 1.165) is 34.5 Å². The van der Waals surface area contributed by atoms with Gasteiger partial charge in [0.15, 0.2) is 5.16 Å². The van der Waals surface area contributed by atoms with Crippen molar-refractivity contribution in [1.82, 2.24) is 15.0 Å². The first-order valence-corrected chi connectivity index (χ1v) is 13.3. The summed E-state index contributed by atoms with van der Waals surface area (Å²) < 4.78 is 1.58. The van der Waals surface area contributed by atoms with E-state index in [1.807, 2.05) is 19.1 Å². The third-order valence-electron chi connectivity index (χ3n) is 5.27. The Morgan fingerprint density at radius 1 is 1.24 bits per heavy atom. The minimum atomic E-state index is -0.268. The largest absolute Gasteiger partial charge is 0.272 e. The van der Waals surface area contributed by atoms with Gasteiger partial charge in [0.2, 0.25) is 0 Å². The topological polar surface area (TPSA) is 76.3 Å². The average molecular weight is 515 g/mol. The molecule has 0 atom stereocenters. The number of halogens is 1. The van der Waals surface area contributed by atoms with E-state index in [4.69, 9.17) is 16.6 Å². The molecule has 0 bridgehead atoms. The fourth-order valence-electron chi connectivity index (χ4n) is 3.79. The van der Waals surface area contributed by atoms with Crippen molar-refractivity contribution in [2.45, 2.75) is 31.3 Å². The lowest BCUT2D eigenvalue weighted by atomic mass is 10.2. The summed E-state index contributed by atoms with van der Waals surface area (Å²) in [5, 5.41) is 5.79. The van der Waals surface area contributed by atoms with Crippen molar-refractivity contribution in [2.24, 2.45) is 5.10 Å². The number of nitrogens with zero attached hydrogens (tertiary/aromatic N) is 3. The third kappa shape index (κ3) is 4.63. The lowest BCUT2D eigenvalue weighted by molar-refractivity contribution is -0.118. The van der Waals surface area contributed by atoms with Crippen molar-refractivity contribution in [3.63, 3.8) is 0 Å². The number of carbonyl (C=O) groups is 1. The van der Waals surface area contributed by atoms with Gasteiger partial charge in [-0.25, -0.2) is 10.4 Å². The molecule has 0 fully saturated rings. The van der Waals surface area contributed by atoms with Gasteiger partial charge in [-0.05, 0) is 68.1 Å². The van der Waals surface area contributed by atoms with E-state index in [9.17, 15) is 9.59 Å². The van der Waals surface area contributed by atoms with Crippen molar-refractivity contribution in [1.29, 1.82) is 0 Å². The van der Waals surface area contributed by atoms with Gasteiger partial charge in [0, 0.05) is 19.7 Å². The van der Waals surface area contributed by atoms with Gasteiger partial charge in [0.25, 0.3) is 11.5 Å². The minimum Gasteiger partial charge on any atom is -0.272 e. The van der Waals surface area contributed by atoms with Gasteiger partial charge in [-0.15, -0.1) is 22.7 Å². The summed E-state index contributed by atoms with van der Waals surface area (Å²) in [6.07, 6.45) is 4.59. The number of rotatable bonds is 6. The zero-order valence-corrected chi connectivity index (χ0v) is 20.8. The smallest absolute Gasteiger partial charge is 0.267 e. The van der Waals surface area contributed by atoms with Crippen LogP contribution in [0.25, 0.3) is 15.9 Å². The van der Waals surface area contributed by atoms with Gasteiger partial charge < -0.3 is 0 Å². The Labute approximate surface area is 207 Å². The van der Waals surface area contributed by atoms with E-state index in [0.29, 0.717) is 21.3 Å². The number of hydrazone groups is 1. The summed E-state index contributed by atoms with van der Waals surface area (Å²) in [7, 11) is 0. The molecule has 3 aromatic heterocycles. The first-order valence-electron chi connectivity index (χ1n) is 10.3. The van der Waals surface area contributed by atoms with E-state index in [2.05, 4.69) is 10.5 Å². The summed E-state index contributed by atoms with van der Waals surface area (Å²) in [4.78, 5) is 34.9. The molecule has 1 aromatic carbocycles. The summed E-state index contributed by atoms with van der Waals surface area (Å²) in [6, 6.07) is 11.0. The SMILES string of the molecule is Cc1ccc(C=NNC(=O)CSc2nc3sc4c(c3c(=O)n2-c2ccc(Cl)cc2)CCC4)s1. The van der Waals surface area contributed by atoms with Crippen LogP contribution in [0.2, 0.25) is 5.02 Å². The molecule has 0 saturated heterocycles. The standard InChI is InChI=1S/C23H19ClN4O2S3/c1-13-5-10-16(32-13)11-25-27-19(29)12-31-23-26-21-20(17-3-2-4-18(17)33-21)22(30)28(23)15-8-6-14(24)7-9-15/h5-11H,2-4,12H2,1H3,(H,27,29). The summed E-state index contributed by atoms with van der Waals surface area (Å²) >= 11 is 10.5. The molecule has 1 N–H and O–H groups in total. The third-order valence-corrected chi connectivity index (χ3v) is 8.58. The number of hydrogen-bond acceptors (Lipinski definition) is 7. The Kier molecular flexibility index (Phi) is 6.38. The molecule has 1 amide bonds. The maximum atomic E-state index is 13.6. The first kappa shape index (κ1) is 22.3. The van der Waals surface area contributed by atoms with Crippen molar-refractivity contribution in [2.75, 3.05) is 5.75 Å². The number of aromatic nitrogens is 2. The quantitative estimate of drug-likeness (QED) is 0.166. The zero-order valence-electron chi connectivity index (χ0n) is 17.6. The molecule has 1 aliphatic carbocycles. The van der Waals surface area contributed by atoms with E-state index in [1.165, 1.54) is 21.5 Å². The molecule has 10 heteroatoms. The molecule has 33 heavy (non-hydrogen) atoms. The lowest BCUT2D eigenvalue weighted by Crippen LogP contribution is -2.24. The highest BCUT2D eigenvalue weighted by molar-refractivity contribution is 7.99. The van der Waals surface area contributed by atoms with Gasteiger partial charge in [-0.3, -0.25) is 14.2 Å². The highest BCUT2D eigenvalue weighted by Gasteiger charge is 2.24. The number of amides is 1. The molecule has 0 spiro atoms. The second-order valence-corrected chi connectivity index (χ2v) is 11.4. The molecule has 0 unspecified atom stereocenters. The van der Waals surface area contributed by atoms with Crippen LogP contribution in [0.3, 0.4) is 0 Å². The van der Waals surface area contributed by atoms with E-state index >= 15 is 0 Å². The van der Waals surface area contributed by atoms with Crippen LogP contribution in [0.5, 0.6) is 0 Å². The van der Waals surface area contributed by atoms with Gasteiger partial charge in [-0.2, -0.15) is 5.10 Å². The number of nitrogens with one attached hydrogen (secondary N) is 1. The predicted octanol–water partition coefficient (Wildman–Crippen LogP) is 5.20. The summed E-state index contributed by atoms with van der Waals surface area (Å²) in [5.74, 6) is -0.188. The van der Waals surface area contributed by atoms with Gasteiger partial charge in [0.05, 0.1) is 23.0 Å². The fraction of sp³-hybridized carbons (Fsp3) is 0.217. The summed E-state index contributed by atoms with van der Waals surface area (Å²) in [6.45, 7) is 2.02. The average Bonchev–Trinajstić information content (AvgIpc) is 3.49. The van der Waals surface area contributed by atoms with Gasteiger partial charge in [-0.1, -0.05) is 23.4 Å². The summed E-state index contributed by atoms with van der Waals surface area (Å²) in [5.41, 5.74) is 4.25. The van der Waals surface area contributed by atoms with Crippen LogP contribution in [0.15, 0.2) is 51.5 Å². The van der Waals surface area contributed by atoms with Crippen LogP contribution >= 0.6 is 46.0 Å². The molecule has 5 rings (SSSR count). The highest BCUT2D eigenvalue weighted by Crippen LogP contribution is 2.36. The van der Waals surface area contributed by atoms with Crippen LogP contribution in [0, 0.1) is 6.92 Å². The Morgan fingerprint density at radius 3 is 2.82 bits per heavy atom. The second-order valence-electron chi connectivity index (χ2n) is 7.58. The number of thiophene rings is 2. The maximum absolute atomic E-state index is 13.6. The highest BCUT2D eigenvalue weighted by atomic mass is 35.5. The molecule has 0 aliphatic heterocycles. The Morgan fingerprint density at radius 2 is 2.06 bits per heavy atom. The zero-order chi connectivity index (χ0) is 22.9. The van der Waals surface area contributed by atoms with E-state index < -0.39 is 0 Å². The molecule has 3 heterocycles. The number of benzene rings is 1. The van der Waals surface area contributed by atoms with Crippen LogP contribution in [-0.2, 0) is 17.6 Å². The van der Waals surface area contributed by atoms with Gasteiger partial charge in [0.1, 0.15) is 4.83 Å². The minimum absolute atomic E-state index is 0.0808. The first-order chi connectivity index (χ1) is 16.0. The lowest BCUT2D eigenvalue weighted by Gasteiger charge is -2.12.